The van der Waals surface area contributed by atoms with Gasteiger partial charge in [0.15, 0.2) is 0 Å². The number of benzene rings is 1. The molecule has 0 spiro atoms. The van der Waals surface area contributed by atoms with Crippen molar-refractivity contribution < 1.29 is 9.90 Å². The minimum atomic E-state index is -0.199. The van der Waals surface area contributed by atoms with Gasteiger partial charge in [0.2, 0.25) is 0 Å². The second-order valence-corrected chi connectivity index (χ2v) is 4.89. The molecule has 3 nitrogen and oxygen atoms in total. The third-order valence-corrected chi connectivity index (χ3v) is 3.49. The lowest BCUT2D eigenvalue weighted by Crippen LogP contribution is -2.43. The molecule has 92 valence electrons. The van der Waals surface area contributed by atoms with Gasteiger partial charge in [0.1, 0.15) is 0 Å². The first-order valence-corrected chi connectivity index (χ1v) is 6.21. The van der Waals surface area contributed by atoms with E-state index in [1.807, 2.05) is 30.3 Å². The molecule has 2 N–H and O–H groups in total. The number of aliphatic hydroxyl groups is 1. The van der Waals surface area contributed by atoms with E-state index in [0.29, 0.717) is 11.5 Å². The third-order valence-electron chi connectivity index (χ3n) is 3.49. The summed E-state index contributed by atoms with van der Waals surface area (Å²) in [5.74, 6) is 0.324. The van der Waals surface area contributed by atoms with Crippen molar-refractivity contribution in [3.63, 3.8) is 0 Å². The van der Waals surface area contributed by atoms with Crippen LogP contribution in [0.15, 0.2) is 30.3 Å². The molecule has 1 amide bonds. The van der Waals surface area contributed by atoms with Crippen molar-refractivity contribution in [1.82, 2.24) is 5.32 Å². The van der Waals surface area contributed by atoms with Gasteiger partial charge in [0.25, 0.3) is 5.91 Å². The van der Waals surface area contributed by atoms with Crippen molar-refractivity contribution in [2.75, 3.05) is 0 Å². The van der Waals surface area contributed by atoms with Crippen molar-refractivity contribution in [3.05, 3.63) is 35.9 Å². The Kier molecular flexibility index (Phi) is 3.79. The average molecular weight is 233 g/mol. The molecule has 3 atom stereocenters. The van der Waals surface area contributed by atoms with E-state index < -0.39 is 0 Å². The van der Waals surface area contributed by atoms with Gasteiger partial charge < -0.3 is 10.4 Å². The number of nitrogens with one attached hydrogen (secondary N) is 1. The Morgan fingerprint density at radius 2 is 2.00 bits per heavy atom. The first kappa shape index (κ1) is 12.1. The van der Waals surface area contributed by atoms with E-state index in [1.165, 1.54) is 0 Å². The molecule has 1 aromatic carbocycles. The number of rotatable bonds is 2. The van der Waals surface area contributed by atoms with Crippen molar-refractivity contribution in [2.24, 2.45) is 5.92 Å². The Hall–Kier alpha value is -1.35. The quantitative estimate of drug-likeness (QED) is 0.820. The molecule has 17 heavy (non-hydrogen) atoms. The summed E-state index contributed by atoms with van der Waals surface area (Å²) in [5, 5.41) is 12.6. The normalized spacial score (nSPS) is 28.7. The van der Waals surface area contributed by atoms with Crippen molar-refractivity contribution in [1.29, 1.82) is 0 Å². The highest BCUT2D eigenvalue weighted by Gasteiger charge is 2.27. The van der Waals surface area contributed by atoms with Crippen LogP contribution in [0.25, 0.3) is 0 Å². The Balaban J connectivity index is 1.95. The lowest BCUT2D eigenvalue weighted by atomic mass is 9.84. The van der Waals surface area contributed by atoms with Gasteiger partial charge in [0.05, 0.1) is 6.10 Å². The number of hydrogen-bond acceptors (Lipinski definition) is 2. The Morgan fingerprint density at radius 1 is 1.29 bits per heavy atom. The van der Waals surface area contributed by atoms with Crippen LogP contribution in [0.1, 0.15) is 36.5 Å². The van der Waals surface area contributed by atoms with Crippen LogP contribution in [0, 0.1) is 5.92 Å². The van der Waals surface area contributed by atoms with E-state index in [0.717, 1.165) is 19.3 Å². The van der Waals surface area contributed by atoms with E-state index >= 15 is 0 Å². The van der Waals surface area contributed by atoms with Crippen LogP contribution in [-0.4, -0.2) is 23.2 Å². The van der Waals surface area contributed by atoms with Gasteiger partial charge in [-0.2, -0.15) is 0 Å². The molecule has 2 rings (SSSR count). The molecule has 1 aromatic rings. The van der Waals surface area contributed by atoms with Crippen LogP contribution in [0.5, 0.6) is 0 Å². The third kappa shape index (κ3) is 3.07. The summed E-state index contributed by atoms with van der Waals surface area (Å²) in [6.45, 7) is 2.08. The lowest BCUT2D eigenvalue weighted by Gasteiger charge is -2.32. The summed E-state index contributed by atoms with van der Waals surface area (Å²) in [6.07, 6.45) is 2.22. The minimum Gasteiger partial charge on any atom is -0.393 e. The fourth-order valence-electron chi connectivity index (χ4n) is 2.42. The molecule has 0 saturated heterocycles. The summed E-state index contributed by atoms with van der Waals surface area (Å²) in [6, 6.07) is 9.45. The molecule has 0 bridgehead atoms. The van der Waals surface area contributed by atoms with Gasteiger partial charge in [-0.1, -0.05) is 25.1 Å². The largest absolute Gasteiger partial charge is 0.393 e. The summed E-state index contributed by atoms with van der Waals surface area (Å²) in [7, 11) is 0. The SMILES string of the molecule is C[C@@H]1C[C@H](O)CC[C@H]1NC(=O)c1ccccc1. The standard InChI is InChI=1S/C14H19NO2/c1-10-9-12(16)7-8-13(10)15-14(17)11-5-3-2-4-6-11/h2-6,10,12-13,16H,7-9H2,1H3,(H,15,17)/t10-,12-,13-/m1/s1. The zero-order valence-corrected chi connectivity index (χ0v) is 10.1. The molecule has 1 aliphatic rings. The number of amides is 1. The number of carbonyl (C=O) groups excluding carboxylic acids is 1. The maximum atomic E-state index is 12.0. The number of aliphatic hydroxyl groups excluding tert-OH is 1. The summed E-state index contributed by atoms with van der Waals surface area (Å²) >= 11 is 0. The van der Waals surface area contributed by atoms with Gasteiger partial charge in [-0.25, -0.2) is 0 Å². The smallest absolute Gasteiger partial charge is 0.251 e. The van der Waals surface area contributed by atoms with Gasteiger partial charge in [-0.3, -0.25) is 4.79 Å². The summed E-state index contributed by atoms with van der Waals surface area (Å²) in [5.41, 5.74) is 0.700. The highest BCUT2D eigenvalue weighted by Crippen LogP contribution is 2.24. The second kappa shape index (κ2) is 5.32. The van der Waals surface area contributed by atoms with E-state index in [-0.39, 0.29) is 18.1 Å². The van der Waals surface area contributed by atoms with Gasteiger partial charge in [0, 0.05) is 11.6 Å². The highest BCUT2D eigenvalue weighted by atomic mass is 16.3. The summed E-state index contributed by atoms with van der Waals surface area (Å²) < 4.78 is 0. The molecular weight excluding hydrogens is 214 g/mol. The number of carbonyl (C=O) groups is 1. The second-order valence-electron chi connectivity index (χ2n) is 4.89. The Bertz CT molecular complexity index is 377. The van der Waals surface area contributed by atoms with E-state index in [1.54, 1.807) is 0 Å². The van der Waals surface area contributed by atoms with E-state index in [9.17, 15) is 9.90 Å². The maximum absolute atomic E-state index is 12.0. The van der Waals surface area contributed by atoms with Gasteiger partial charge in [-0.05, 0) is 37.3 Å². The molecular formula is C14H19NO2. The minimum absolute atomic E-state index is 0.0150. The van der Waals surface area contributed by atoms with Crippen LogP contribution in [-0.2, 0) is 0 Å². The van der Waals surface area contributed by atoms with Crippen molar-refractivity contribution >= 4 is 5.91 Å². The van der Waals surface area contributed by atoms with Crippen LogP contribution in [0.4, 0.5) is 0 Å². The Labute approximate surface area is 102 Å². The molecule has 1 fully saturated rings. The topological polar surface area (TPSA) is 49.3 Å². The Morgan fingerprint density at radius 3 is 2.65 bits per heavy atom. The van der Waals surface area contributed by atoms with Crippen LogP contribution in [0.3, 0.4) is 0 Å². The molecule has 0 aromatic heterocycles. The molecule has 0 heterocycles. The zero-order chi connectivity index (χ0) is 12.3. The molecule has 0 unspecified atom stereocenters. The van der Waals surface area contributed by atoms with Gasteiger partial charge in [-0.15, -0.1) is 0 Å². The molecule has 0 radical (unpaired) electrons. The van der Waals surface area contributed by atoms with Gasteiger partial charge >= 0.3 is 0 Å². The van der Waals surface area contributed by atoms with E-state index in [4.69, 9.17) is 0 Å². The first-order valence-electron chi connectivity index (χ1n) is 6.21. The molecule has 0 aliphatic heterocycles. The van der Waals surface area contributed by atoms with Crippen LogP contribution >= 0.6 is 0 Å². The van der Waals surface area contributed by atoms with Crippen molar-refractivity contribution in [3.8, 4) is 0 Å². The first-order chi connectivity index (χ1) is 8.16. The fraction of sp³-hybridized carbons (Fsp3) is 0.500. The monoisotopic (exact) mass is 233 g/mol. The predicted molar refractivity (Wildman–Crippen MR) is 66.7 cm³/mol. The fourth-order valence-corrected chi connectivity index (χ4v) is 2.42. The lowest BCUT2D eigenvalue weighted by molar-refractivity contribution is 0.0741. The van der Waals surface area contributed by atoms with Crippen LogP contribution in [0.2, 0.25) is 0 Å². The average Bonchev–Trinajstić information content (AvgIpc) is 2.34. The number of hydrogen-bond donors (Lipinski definition) is 2. The van der Waals surface area contributed by atoms with E-state index in [2.05, 4.69) is 12.2 Å². The molecule has 1 aliphatic carbocycles. The van der Waals surface area contributed by atoms with Crippen LogP contribution < -0.4 is 5.32 Å². The summed E-state index contributed by atoms with van der Waals surface area (Å²) in [4.78, 5) is 12.0. The predicted octanol–water partition coefficient (Wildman–Crippen LogP) is 1.97. The highest BCUT2D eigenvalue weighted by molar-refractivity contribution is 5.94. The zero-order valence-electron chi connectivity index (χ0n) is 10.1. The molecule has 1 saturated carbocycles. The maximum Gasteiger partial charge on any atom is 0.251 e. The molecule has 3 heteroatoms. The van der Waals surface area contributed by atoms with Crippen molar-refractivity contribution in [2.45, 2.75) is 38.3 Å².